The van der Waals surface area contributed by atoms with Crippen molar-refractivity contribution in [3.8, 4) is 33.8 Å². The number of para-hydroxylation sites is 3. The molecule has 4 heteroatoms. The van der Waals surface area contributed by atoms with E-state index in [9.17, 15) is 0 Å². The SMILES string of the molecule is c1ccc(-c2ccc3c(c2)B2c4ccc(N(c5ccccc5)c5ccccc5)cc4Oc4cccc(c42)N3c2ccccc2-c2ccccc2)cc1. The van der Waals surface area contributed by atoms with Crippen molar-refractivity contribution in [3.63, 3.8) is 0 Å². The predicted molar refractivity (Wildman–Crippen MR) is 218 cm³/mol. The van der Waals surface area contributed by atoms with E-state index >= 15 is 0 Å². The number of ether oxygens (including phenoxy) is 1. The van der Waals surface area contributed by atoms with Gasteiger partial charge in [-0.25, -0.2) is 0 Å². The molecule has 0 saturated heterocycles. The number of hydrogen-bond acceptors (Lipinski definition) is 3. The quantitative estimate of drug-likeness (QED) is 0.165. The van der Waals surface area contributed by atoms with Crippen LogP contribution in [0.2, 0.25) is 0 Å². The number of anilines is 6. The largest absolute Gasteiger partial charge is 0.458 e. The van der Waals surface area contributed by atoms with Crippen LogP contribution in [-0.2, 0) is 0 Å². The highest BCUT2D eigenvalue weighted by molar-refractivity contribution is 6.99. The second kappa shape index (κ2) is 12.5. The van der Waals surface area contributed by atoms with Crippen LogP contribution in [-0.4, -0.2) is 6.71 Å². The van der Waals surface area contributed by atoms with Gasteiger partial charge in [0, 0.05) is 40.1 Å². The van der Waals surface area contributed by atoms with Crippen molar-refractivity contribution in [1.29, 1.82) is 0 Å². The van der Waals surface area contributed by atoms with Crippen LogP contribution in [0.4, 0.5) is 34.1 Å². The Morgan fingerprint density at radius 3 is 1.71 bits per heavy atom. The van der Waals surface area contributed by atoms with Crippen LogP contribution in [0.25, 0.3) is 22.3 Å². The summed E-state index contributed by atoms with van der Waals surface area (Å²) < 4.78 is 6.96. The second-order valence-corrected chi connectivity index (χ2v) is 13.3. The molecule has 0 radical (unpaired) electrons. The zero-order valence-electron chi connectivity index (χ0n) is 28.4. The fourth-order valence-corrected chi connectivity index (χ4v) is 8.01. The van der Waals surface area contributed by atoms with Crippen LogP contribution < -0.4 is 30.9 Å². The van der Waals surface area contributed by atoms with Crippen LogP contribution in [0.1, 0.15) is 0 Å². The summed E-state index contributed by atoms with van der Waals surface area (Å²) in [7, 11) is 0. The van der Waals surface area contributed by atoms with E-state index in [1.54, 1.807) is 0 Å². The van der Waals surface area contributed by atoms with Gasteiger partial charge in [-0.15, -0.1) is 0 Å². The fourth-order valence-electron chi connectivity index (χ4n) is 8.01. The monoisotopic (exact) mass is 664 g/mol. The molecule has 0 aromatic heterocycles. The summed E-state index contributed by atoms with van der Waals surface area (Å²) in [5.41, 5.74) is 15.0. The third kappa shape index (κ3) is 4.99. The highest BCUT2D eigenvalue weighted by Crippen LogP contribution is 2.45. The van der Waals surface area contributed by atoms with E-state index in [1.807, 2.05) is 0 Å². The van der Waals surface area contributed by atoms with Gasteiger partial charge in [-0.1, -0.05) is 140 Å². The smallest absolute Gasteiger partial charge is 0.256 e. The lowest BCUT2D eigenvalue weighted by Gasteiger charge is -2.41. The van der Waals surface area contributed by atoms with E-state index in [-0.39, 0.29) is 6.71 Å². The van der Waals surface area contributed by atoms with Crippen molar-refractivity contribution in [2.24, 2.45) is 0 Å². The van der Waals surface area contributed by atoms with E-state index in [0.717, 1.165) is 45.4 Å². The van der Waals surface area contributed by atoms with Crippen LogP contribution in [0.3, 0.4) is 0 Å². The summed E-state index contributed by atoms with van der Waals surface area (Å²) in [6.45, 7) is -0.0234. The first kappa shape index (κ1) is 30.1. The van der Waals surface area contributed by atoms with Crippen molar-refractivity contribution in [1.82, 2.24) is 0 Å². The van der Waals surface area contributed by atoms with E-state index in [2.05, 4.69) is 210 Å². The van der Waals surface area contributed by atoms with Crippen molar-refractivity contribution in [3.05, 3.63) is 200 Å². The fraction of sp³-hybridized carbons (Fsp3) is 0. The Morgan fingerprint density at radius 1 is 0.385 bits per heavy atom. The maximum atomic E-state index is 6.96. The van der Waals surface area contributed by atoms with Gasteiger partial charge in [-0.3, -0.25) is 0 Å². The Labute approximate surface area is 304 Å². The molecular weight excluding hydrogens is 631 g/mol. The first-order valence-corrected chi connectivity index (χ1v) is 17.8. The molecule has 3 nitrogen and oxygen atoms in total. The maximum absolute atomic E-state index is 6.96. The Hall–Kier alpha value is -6.78. The van der Waals surface area contributed by atoms with Crippen molar-refractivity contribution in [2.75, 3.05) is 9.80 Å². The lowest BCUT2D eigenvalue weighted by molar-refractivity contribution is 0.487. The van der Waals surface area contributed by atoms with Gasteiger partial charge in [0.15, 0.2) is 0 Å². The summed E-state index contributed by atoms with van der Waals surface area (Å²) in [4.78, 5) is 4.73. The Bertz CT molecular complexity index is 2520. The van der Waals surface area contributed by atoms with Gasteiger partial charge in [-0.2, -0.15) is 0 Å². The molecular formula is C48H33BN2O. The number of nitrogens with zero attached hydrogens (tertiary/aromatic N) is 2. The van der Waals surface area contributed by atoms with Crippen molar-refractivity contribution < 1.29 is 4.74 Å². The first-order chi connectivity index (χ1) is 25.8. The molecule has 0 aliphatic carbocycles. The molecule has 0 unspecified atom stereocenters. The molecule has 2 aliphatic rings. The maximum Gasteiger partial charge on any atom is 0.256 e. The van der Waals surface area contributed by atoms with E-state index in [1.165, 1.54) is 38.9 Å². The van der Waals surface area contributed by atoms with E-state index in [0.29, 0.717) is 0 Å². The molecule has 0 N–H and O–H groups in total. The van der Waals surface area contributed by atoms with E-state index in [4.69, 9.17) is 4.74 Å². The third-order valence-corrected chi connectivity index (χ3v) is 10.3. The molecule has 0 spiro atoms. The van der Waals surface area contributed by atoms with Gasteiger partial charge in [0.2, 0.25) is 0 Å². The molecule has 52 heavy (non-hydrogen) atoms. The Morgan fingerprint density at radius 2 is 1.00 bits per heavy atom. The van der Waals surface area contributed by atoms with Crippen LogP contribution in [0, 0.1) is 0 Å². The van der Waals surface area contributed by atoms with Gasteiger partial charge < -0.3 is 14.5 Å². The minimum atomic E-state index is -0.0234. The normalized spacial score (nSPS) is 12.3. The molecule has 0 saturated carbocycles. The molecule has 10 rings (SSSR count). The summed E-state index contributed by atoms with van der Waals surface area (Å²) in [6.07, 6.45) is 0. The zero-order valence-corrected chi connectivity index (χ0v) is 28.4. The van der Waals surface area contributed by atoms with Crippen LogP contribution in [0.5, 0.6) is 11.5 Å². The van der Waals surface area contributed by atoms with Crippen LogP contribution >= 0.6 is 0 Å². The minimum Gasteiger partial charge on any atom is -0.458 e. The third-order valence-electron chi connectivity index (χ3n) is 10.3. The highest BCUT2D eigenvalue weighted by atomic mass is 16.5. The molecule has 2 heterocycles. The molecule has 8 aromatic rings. The van der Waals surface area contributed by atoms with Gasteiger partial charge in [-0.05, 0) is 87.7 Å². The molecule has 8 aromatic carbocycles. The summed E-state index contributed by atoms with van der Waals surface area (Å²) in [5, 5.41) is 0. The number of benzene rings is 8. The second-order valence-electron chi connectivity index (χ2n) is 13.3. The van der Waals surface area contributed by atoms with E-state index < -0.39 is 0 Å². The zero-order chi connectivity index (χ0) is 34.4. The standard InChI is InChI=1S/C48H33BN2O/c1-5-16-34(17-6-1)36-28-31-44-42(32-36)49-41-30-29-39(50(37-20-9-3-10-21-37)38-22-11-4-12-23-38)33-47(41)52-46-27-15-26-45(48(46)49)51(44)43-25-14-13-24-40(43)35-18-7-2-8-19-35/h1-33H. The summed E-state index contributed by atoms with van der Waals surface area (Å²) >= 11 is 0. The Balaban J connectivity index is 1.19. The summed E-state index contributed by atoms with van der Waals surface area (Å²) in [5.74, 6) is 1.76. The molecule has 0 amide bonds. The first-order valence-electron chi connectivity index (χ1n) is 17.8. The highest BCUT2D eigenvalue weighted by Gasteiger charge is 2.42. The molecule has 0 bridgehead atoms. The average molecular weight is 665 g/mol. The summed E-state index contributed by atoms with van der Waals surface area (Å²) in [6, 6.07) is 71.4. The molecule has 0 fully saturated rings. The number of fused-ring (bicyclic) bond motifs is 4. The lowest BCUT2D eigenvalue weighted by Crippen LogP contribution is -2.59. The van der Waals surface area contributed by atoms with Crippen LogP contribution in [0.15, 0.2) is 200 Å². The topological polar surface area (TPSA) is 15.7 Å². The molecule has 0 atom stereocenters. The predicted octanol–water partition coefficient (Wildman–Crippen LogP) is 10.9. The van der Waals surface area contributed by atoms with Crippen molar-refractivity contribution >= 4 is 57.2 Å². The van der Waals surface area contributed by atoms with Crippen molar-refractivity contribution in [2.45, 2.75) is 0 Å². The van der Waals surface area contributed by atoms with Gasteiger partial charge >= 0.3 is 0 Å². The lowest BCUT2D eigenvalue weighted by atomic mass is 9.34. The van der Waals surface area contributed by atoms with Gasteiger partial charge in [0.05, 0.1) is 5.69 Å². The number of rotatable bonds is 6. The average Bonchev–Trinajstić information content (AvgIpc) is 3.22. The minimum absolute atomic E-state index is 0.0234. The number of hydrogen-bond donors (Lipinski definition) is 0. The van der Waals surface area contributed by atoms with Gasteiger partial charge in [0.1, 0.15) is 11.5 Å². The van der Waals surface area contributed by atoms with Gasteiger partial charge in [0.25, 0.3) is 6.71 Å². The Kier molecular flexibility index (Phi) is 7.25. The molecule has 2 aliphatic heterocycles. The molecule has 244 valence electrons.